The quantitative estimate of drug-likeness (QED) is 0.198. The van der Waals surface area contributed by atoms with Crippen LogP contribution in [-0.2, 0) is 18.9 Å². The number of nitrogens with two attached hydrogens (primary N) is 1. The number of aliphatic hydroxyl groups is 6. The monoisotopic (exact) mass is 397 g/mol. The first-order chi connectivity index (χ1) is 12.8. The zero-order chi connectivity index (χ0) is 20.1. The lowest BCUT2D eigenvalue weighted by Crippen LogP contribution is -2.61. The normalized spacial score (nSPS) is 45.8. The van der Waals surface area contributed by atoms with Crippen molar-refractivity contribution in [2.45, 2.75) is 74.6 Å². The minimum atomic E-state index is -1.53. The predicted molar refractivity (Wildman–Crippen MR) is 89.5 cm³/mol. The summed E-state index contributed by atoms with van der Waals surface area (Å²) >= 11 is 0. The molecule has 8 N–H and O–H groups in total. The van der Waals surface area contributed by atoms with Gasteiger partial charge in [-0.15, -0.1) is 0 Å². The van der Waals surface area contributed by atoms with Gasteiger partial charge < -0.3 is 55.3 Å². The van der Waals surface area contributed by atoms with Gasteiger partial charge in [-0.2, -0.15) is 0 Å². The van der Waals surface area contributed by atoms with Crippen LogP contribution in [0.5, 0.6) is 0 Å². The van der Waals surface area contributed by atoms with Crippen molar-refractivity contribution in [3.05, 3.63) is 0 Å². The van der Waals surface area contributed by atoms with E-state index >= 15 is 0 Å². The molecule has 27 heavy (non-hydrogen) atoms. The maximum atomic E-state index is 10.1. The lowest BCUT2D eigenvalue weighted by molar-refractivity contribution is -0.315. The molecule has 10 atom stereocenters. The number of ether oxygens (including phenoxy) is 4. The topological polar surface area (TPSA) is 184 Å². The summed E-state index contributed by atoms with van der Waals surface area (Å²) < 4.78 is 21.6. The summed E-state index contributed by atoms with van der Waals surface area (Å²) in [4.78, 5) is 0. The molecule has 2 aliphatic rings. The molecule has 0 aromatic rings. The number of hydrogen-bond donors (Lipinski definition) is 7. The summed E-state index contributed by atoms with van der Waals surface area (Å²) in [6.45, 7) is 2.03. The Morgan fingerprint density at radius 2 is 1.37 bits per heavy atom. The van der Waals surface area contributed by atoms with Gasteiger partial charge in [0, 0.05) is 6.61 Å². The van der Waals surface area contributed by atoms with Crippen LogP contribution in [0.25, 0.3) is 0 Å². The van der Waals surface area contributed by atoms with Gasteiger partial charge in [0.05, 0.1) is 19.3 Å². The van der Waals surface area contributed by atoms with Crippen molar-refractivity contribution >= 4 is 0 Å². The summed E-state index contributed by atoms with van der Waals surface area (Å²) in [6.07, 6.45) is -11.8. The van der Waals surface area contributed by atoms with E-state index in [-0.39, 0.29) is 13.2 Å². The van der Waals surface area contributed by atoms with E-state index in [4.69, 9.17) is 24.7 Å². The maximum Gasteiger partial charge on any atom is 0.186 e. The molecule has 11 nitrogen and oxygen atoms in total. The van der Waals surface area contributed by atoms with E-state index in [1.807, 2.05) is 0 Å². The number of rotatable bonds is 8. The Morgan fingerprint density at radius 3 is 2.00 bits per heavy atom. The first-order valence-electron chi connectivity index (χ1n) is 9.06. The Morgan fingerprint density at radius 1 is 0.778 bits per heavy atom. The highest BCUT2D eigenvalue weighted by Gasteiger charge is 2.46. The molecule has 2 fully saturated rings. The molecule has 0 amide bonds. The molecule has 11 heteroatoms. The van der Waals surface area contributed by atoms with Gasteiger partial charge in [-0.1, -0.05) is 0 Å². The van der Waals surface area contributed by atoms with Crippen molar-refractivity contribution < 1.29 is 49.6 Å². The van der Waals surface area contributed by atoms with Crippen LogP contribution >= 0.6 is 0 Å². The second-order valence-corrected chi connectivity index (χ2v) is 6.92. The van der Waals surface area contributed by atoms with Gasteiger partial charge in [0.15, 0.2) is 6.29 Å². The molecule has 2 heterocycles. The van der Waals surface area contributed by atoms with E-state index in [2.05, 4.69) is 0 Å². The molecule has 2 aliphatic heterocycles. The Labute approximate surface area is 157 Å². The lowest BCUT2D eigenvalue weighted by atomic mass is 9.96. The second kappa shape index (κ2) is 10.4. The Balaban J connectivity index is 1.90. The van der Waals surface area contributed by atoms with E-state index in [0.29, 0.717) is 19.6 Å². The van der Waals surface area contributed by atoms with Crippen LogP contribution in [-0.4, -0.2) is 118 Å². The van der Waals surface area contributed by atoms with Crippen LogP contribution in [0.4, 0.5) is 0 Å². The second-order valence-electron chi connectivity index (χ2n) is 6.92. The third-order valence-corrected chi connectivity index (χ3v) is 4.82. The molecule has 2 rings (SSSR count). The molecule has 0 aliphatic carbocycles. The first kappa shape index (κ1) is 22.8. The lowest BCUT2D eigenvalue weighted by Gasteiger charge is -2.42. The Kier molecular flexibility index (Phi) is 8.77. The van der Waals surface area contributed by atoms with Crippen LogP contribution in [0, 0.1) is 0 Å². The van der Waals surface area contributed by atoms with Gasteiger partial charge in [-0.05, 0) is 19.9 Å². The molecule has 0 saturated carbocycles. The zero-order valence-electron chi connectivity index (χ0n) is 15.2. The van der Waals surface area contributed by atoms with Gasteiger partial charge in [0.1, 0.15) is 48.8 Å². The van der Waals surface area contributed by atoms with Crippen molar-refractivity contribution in [1.29, 1.82) is 0 Å². The number of hydrogen-bond acceptors (Lipinski definition) is 11. The highest BCUT2D eigenvalue weighted by molar-refractivity contribution is 4.92. The SMILES string of the molecule is CC1OC(COC2OC(COCCCN)C(O)C(O)C2O)C(O)C(O)C1O. The van der Waals surface area contributed by atoms with Crippen LogP contribution in [0.1, 0.15) is 13.3 Å². The van der Waals surface area contributed by atoms with Gasteiger partial charge >= 0.3 is 0 Å². The zero-order valence-corrected chi connectivity index (χ0v) is 15.2. The summed E-state index contributed by atoms with van der Waals surface area (Å²) in [5.41, 5.74) is 5.37. The fourth-order valence-corrected chi connectivity index (χ4v) is 3.04. The number of aliphatic hydroxyl groups excluding tert-OH is 6. The van der Waals surface area contributed by atoms with Crippen LogP contribution in [0.15, 0.2) is 0 Å². The van der Waals surface area contributed by atoms with Crippen molar-refractivity contribution in [2.24, 2.45) is 5.73 Å². The van der Waals surface area contributed by atoms with E-state index in [1.165, 1.54) is 6.92 Å². The van der Waals surface area contributed by atoms with E-state index in [9.17, 15) is 30.6 Å². The molecule has 0 radical (unpaired) electrons. The van der Waals surface area contributed by atoms with Crippen LogP contribution in [0.2, 0.25) is 0 Å². The largest absolute Gasteiger partial charge is 0.388 e. The van der Waals surface area contributed by atoms with Crippen molar-refractivity contribution in [2.75, 3.05) is 26.4 Å². The minimum absolute atomic E-state index is 0.0324. The third kappa shape index (κ3) is 5.55. The Bertz CT molecular complexity index is 443. The van der Waals surface area contributed by atoms with Gasteiger partial charge in [0.25, 0.3) is 0 Å². The molecule has 160 valence electrons. The summed E-state index contributed by atoms with van der Waals surface area (Å²) in [5.74, 6) is 0. The third-order valence-electron chi connectivity index (χ3n) is 4.82. The molecular formula is C16H31NO10. The molecular weight excluding hydrogens is 366 g/mol. The van der Waals surface area contributed by atoms with Crippen molar-refractivity contribution in [3.8, 4) is 0 Å². The molecule has 0 spiro atoms. The standard InChI is InChI=1S/C16H31NO10/c1-7-10(18)13(21)12(20)9(26-7)6-25-16-15(23)14(22)11(19)8(27-16)5-24-4-2-3-17/h7-16,18-23H,2-6,17H2,1H3. The average molecular weight is 397 g/mol. The summed E-state index contributed by atoms with van der Waals surface area (Å²) in [7, 11) is 0. The highest BCUT2D eigenvalue weighted by Crippen LogP contribution is 2.25. The molecule has 10 unspecified atom stereocenters. The van der Waals surface area contributed by atoms with Crippen molar-refractivity contribution in [3.63, 3.8) is 0 Å². The van der Waals surface area contributed by atoms with Gasteiger partial charge in [-0.25, -0.2) is 0 Å². The predicted octanol–water partition coefficient (Wildman–Crippen LogP) is -3.95. The van der Waals surface area contributed by atoms with Gasteiger partial charge in [-0.3, -0.25) is 0 Å². The van der Waals surface area contributed by atoms with Gasteiger partial charge in [0.2, 0.25) is 0 Å². The molecule has 2 saturated heterocycles. The smallest absolute Gasteiger partial charge is 0.186 e. The molecule has 0 bridgehead atoms. The van der Waals surface area contributed by atoms with E-state index < -0.39 is 61.2 Å². The average Bonchev–Trinajstić information content (AvgIpc) is 2.66. The molecule has 0 aromatic carbocycles. The highest BCUT2D eigenvalue weighted by atomic mass is 16.7. The molecule has 0 aromatic heterocycles. The summed E-state index contributed by atoms with van der Waals surface area (Å²) in [5, 5.41) is 59.6. The minimum Gasteiger partial charge on any atom is -0.388 e. The van der Waals surface area contributed by atoms with E-state index in [1.54, 1.807) is 0 Å². The fraction of sp³-hybridized carbons (Fsp3) is 1.00. The van der Waals surface area contributed by atoms with Crippen molar-refractivity contribution in [1.82, 2.24) is 0 Å². The Hall–Kier alpha value is -0.440. The maximum absolute atomic E-state index is 10.1. The fourth-order valence-electron chi connectivity index (χ4n) is 3.04. The summed E-state index contributed by atoms with van der Waals surface area (Å²) in [6, 6.07) is 0. The first-order valence-corrected chi connectivity index (χ1v) is 9.06. The van der Waals surface area contributed by atoms with Crippen LogP contribution in [0.3, 0.4) is 0 Å². The van der Waals surface area contributed by atoms with Crippen LogP contribution < -0.4 is 5.73 Å². The van der Waals surface area contributed by atoms with E-state index in [0.717, 1.165) is 0 Å².